The quantitative estimate of drug-likeness (QED) is 0.0480. The van der Waals surface area contributed by atoms with Gasteiger partial charge in [-0.05, 0) is 64.0 Å². The van der Waals surface area contributed by atoms with Gasteiger partial charge in [-0.25, -0.2) is 13.6 Å². The molecule has 17 nitrogen and oxygen atoms in total. The van der Waals surface area contributed by atoms with Crippen molar-refractivity contribution in [1.29, 1.82) is 0 Å². The number of aliphatic hydroxyl groups excluding tert-OH is 1. The van der Waals surface area contributed by atoms with Gasteiger partial charge in [-0.15, -0.1) is 0 Å². The highest BCUT2D eigenvalue weighted by molar-refractivity contribution is 6.59. The summed E-state index contributed by atoms with van der Waals surface area (Å²) in [5, 5.41) is 66.5. The zero-order chi connectivity index (χ0) is 42.4. The second kappa shape index (κ2) is 22.1. The predicted molar refractivity (Wildman–Crippen MR) is 202 cm³/mol. The average molecular weight is 803 g/mol. The van der Waals surface area contributed by atoms with E-state index in [1.165, 1.54) is 24.0 Å². The molecule has 0 unspecified atom stereocenters. The number of rotatable bonds is 21. The van der Waals surface area contributed by atoms with E-state index in [0.717, 1.165) is 24.3 Å². The van der Waals surface area contributed by atoms with Crippen molar-refractivity contribution < 1.29 is 67.9 Å². The van der Waals surface area contributed by atoms with Crippen molar-refractivity contribution in [2.45, 2.75) is 89.4 Å². The SMILES string of the molecule is CC[C@@H](CCCCNC(=O)[C@H](CCCNC(=O)c1cccc(B(O)O)c1F)NC(=O)c1cccc(B(O)O)c1F)C(=O)N1CCC[C@H]1C(=O)N[C@H](C(=O)O)[C@@H](C)O. The number of carboxylic acid groups (broad SMARTS) is 1. The fourth-order valence-electron chi connectivity index (χ4n) is 6.49. The summed E-state index contributed by atoms with van der Waals surface area (Å²) in [6, 6.07) is 3.18. The summed E-state index contributed by atoms with van der Waals surface area (Å²) in [6.45, 7) is 3.34. The second-order valence-electron chi connectivity index (χ2n) is 13.7. The molecule has 1 fully saturated rings. The van der Waals surface area contributed by atoms with Crippen molar-refractivity contribution >= 4 is 60.7 Å². The zero-order valence-electron chi connectivity index (χ0n) is 31.6. The Balaban J connectivity index is 1.60. The maximum Gasteiger partial charge on any atom is 0.491 e. The average Bonchev–Trinajstić information content (AvgIpc) is 3.66. The van der Waals surface area contributed by atoms with E-state index < -0.39 is 108 Å². The van der Waals surface area contributed by atoms with E-state index in [2.05, 4.69) is 21.3 Å². The van der Waals surface area contributed by atoms with E-state index in [1.54, 1.807) is 0 Å². The van der Waals surface area contributed by atoms with Crippen LogP contribution in [0, 0.1) is 17.6 Å². The fourth-order valence-corrected chi connectivity index (χ4v) is 6.49. The molecule has 1 heterocycles. The van der Waals surface area contributed by atoms with Crippen LogP contribution in [0.2, 0.25) is 0 Å². The molecular weight excluding hydrogens is 754 g/mol. The lowest BCUT2D eigenvalue weighted by molar-refractivity contribution is -0.147. The third-order valence-electron chi connectivity index (χ3n) is 9.69. The van der Waals surface area contributed by atoms with Crippen molar-refractivity contribution in [1.82, 2.24) is 26.2 Å². The van der Waals surface area contributed by atoms with Crippen LogP contribution >= 0.6 is 0 Å². The predicted octanol–water partition coefficient (Wildman–Crippen LogP) is -2.11. The largest absolute Gasteiger partial charge is 0.491 e. The number of halogens is 2. The lowest BCUT2D eigenvalue weighted by atomic mass is 9.79. The van der Waals surface area contributed by atoms with Gasteiger partial charge >= 0.3 is 20.2 Å². The summed E-state index contributed by atoms with van der Waals surface area (Å²) in [6.07, 6.45) is 1.17. The van der Waals surface area contributed by atoms with E-state index in [-0.39, 0.29) is 31.8 Å². The minimum Gasteiger partial charge on any atom is -0.480 e. The number of aliphatic carboxylic acids is 1. The number of hydrogen-bond donors (Lipinski definition) is 10. The molecule has 0 aliphatic carbocycles. The third-order valence-corrected chi connectivity index (χ3v) is 9.69. The van der Waals surface area contributed by atoms with Crippen LogP contribution in [0.4, 0.5) is 8.78 Å². The number of likely N-dealkylation sites (tertiary alicyclic amines) is 1. The first-order chi connectivity index (χ1) is 27.0. The Morgan fingerprint density at radius 1 is 0.825 bits per heavy atom. The topological polar surface area (TPSA) is 275 Å². The molecule has 0 radical (unpaired) electrons. The summed E-state index contributed by atoms with van der Waals surface area (Å²) >= 11 is 0. The normalized spacial score (nSPS) is 15.8. The summed E-state index contributed by atoms with van der Waals surface area (Å²) in [5.74, 6) is -7.75. The van der Waals surface area contributed by atoms with Crippen LogP contribution in [-0.4, -0.2) is 129 Å². The van der Waals surface area contributed by atoms with Crippen LogP contribution in [0.15, 0.2) is 36.4 Å². The van der Waals surface area contributed by atoms with Crippen molar-refractivity contribution in [2.24, 2.45) is 5.92 Å². The number of carbonyl (C=O) groups is 6. The van der Waals surface area contributed by atoms with Crippen LogP contribution in [0.3, 0.4) is 0 Å². The van der Waals surface area contributed by atoms with E-state index in [4.69, 9.17) is 0 Å². The van der Waals surface area contributed by atoms with Crippen molar-refractivity contribution in [3.8, 4) is 0 Å². The van der Waals surface area contributed by atoms with Gasteiger partial charge in [0.05, 0.1) is 17.2 Å². The molecular formula is C36H49B2F2N5O12. The number of unbranched alkanes of at least 4 members (excludes halogenated alkanes) is 1. The van der Waals surface area contributed by atoms with Crippen LogP contribution in [0.1, 0.15) is 85.9 Å². The van der Waals surface area contributed by atoms with Gasteiger partial charge in [0, 0.05) is 36.5 Å². The van der Waals surface area contributed by atoms with Gasteiger partial charge in [0.25, 0.3) is 11.8 Å². The number of carbonyl (C=O) groups excluding carboxylic acids is 5. The van der Waals surface area contributed by atoms with E-state index in [9.17, 15) is 67.9 Å². The highest BCUT2D eigenvalue weighted by atomic mass is 19.1. The Morgan fingerprint density at radius 3 is 1.95 bits per heavy atom. The highest BCUT2D eigenvalue weighted by Crippen LogP contribution is 2.24. The fraction of sp³-hybridized carbons (Fsp3) is 0.500. The number of aliphatic hydroxyl groups is 1. The van der Waals surface area contributed by atoms with E-state index >= 15 is 0 Å². The Hall–Kier alpha value is -4.95. The molecule has 2 aromatic rings. The van der Waals surface area contributed by atoms with Crippen LogP contribution in [0.25, 0.3) is 0 Å². The van der Waals surface area contributed by atoms with Crippen LogP contribution < -0.4 is 32.2 Å². The lowest BCUT2D eigenvalue weighted by Crippen LogP contribution is -2.54. The Bertz CT molecular complexity index is 1760. The Labute approximate surface area is 328 Å². The van der Waals surface area contributed by atoms with Crippen molar-refractivity contribution in [3.05, 3.63) is 59.2 Å². The first-order valence-corrected chi connectivity index (χ1v) is 18.7. The molecule has 57 heavy (non-hydrogen) atoms. The summed E-state index contributed by atoms with van der Waals surface area (Å²) < 4.78 is 29.5. The van der Waals surface area contributed by atoms with Gasteiger partial charge in [0.2, 0.25) is 17.7 Å². The number of nitrogens with zero attached hydrogens (tertiary/aromatic N) is 1. The minimum absolute atomic E-state index is 0.0533. The standard InChI is InChI=1S/C36H49B2F2N5O12/c1-3-21(35(51)45-19-9-16-27(45)34(50)44-30(20(2)46)36(52)53)10-4-5-17-42-33(49)26(43-32(48)23-12-7-14-25(29(23)40)38(56)57)15-8-18-41-31(47)22-11-6-13-24(28(22)39)37(54)55/h6-7,11-14,20-21,26-27,30,46,54-57H,3-5,8-10,15-19H2,1-2H3,(H,41,47)(H,42,49)(H,43,48)(H,44,50)(H,52,53)/t20-,21+,26+,27+,30+/m1/s1. The van der Waals surface area contributed by atoms with Gasteiger partial charge < -0.3 is 56.5 Å². The van der Waals surface area contributed by atoms with Crippen LogP contribution in [-0.2, 0) is 19.2 Å². The minimum atomic E-state index is -2.21. The van der Waals surface area contributed by atoms with Gasteiger partial charge in [-0.1, -0.05) is 37.6 Å². The molecule has 21 heteroatoms. The smallest absolute Gasteiger partial charge is 0.480 e. The molecule has 310 valence electrons. The number of carboxylic acids is 1. The molecule has 3 rings (SSSR count). The number of nitrogens with one attached hydrogen (secondary N) is 4. The molecule has 0 aromatic heterocycles. The van der Waals surface area contributed by atoms with E-state index in [1.807, 2.05) is 6.92 Å². The Morgan fingerprint density at radius 2 is 1.40 bits per heavy atom. The molecule has 5 atom stereocenters. The van der Waals surface area contributed by atoms with E-state index in [0.29, 0.717) is 45.1 Å². The first-order valence-electron chi connectivity index (χ1n) is 18.7. The number of benzene rings is 2. The van der Waals surface area contributed by atoms with Crippen molar-refractivity contribution in [2.75, 3.05) is 19.6 Å². The summed E-state index contributed by atoms with van der Waals surface area (Å²) in [5.41, 5.74) is -2.09. The maximum atomic E-state index is 14.9. The van der Waals surface area contributed by atoms with Gasteiger partial charge in [0.1, 0.15) is 23.7 Å². The summed E-state index contributed by atoms with van der Waals surface area (Å²) in [7, 11) is -4.36. The monoisotopic (exact) mass is 803 g/mol. The highest BCUT2D eigenvalue weighted by Gasteiger charge is 2.38. The van der Waals surface area contributed by atoms with Crippen molar-refractivity contribution in [3.63, 3.8) is 0 Å². The first kappa shape index (κ1) is 46.4. The lowest BCUT2D eigenvalue weighted by Gasteiger charge is -2.29. The third kappa shape index (κ3) is 12.8. The molecule has 2 aromatic carbocycles. The number of hydrogen-bond acceptors (Lipinski definition) is 11. The summed E-state index contributed by atoms with van der Waals surface area (Å²) in [4.78, 5) is 78.3. The second-order valence-corrected chi connectivity index (χ2v) is 13.7. The van der Waals surface area contributed by atoms with Gasteiger partial charge in [-0.2, -0.15) is 0 Å². The van der Waals surface area contributed by atoms with Gasteiger partial charge in [-0.3, -0.25) is 24.0 Å². The molecule has 0 bridgehead atoms. The van der Waals surface area contributed by atoms with Crippen LogP contribution in [0.5, 0.6) is 0 Å². The molecule has 5 amide bonds. The molecule has 0 spiro atoms. The van der Waals surface area contributed by atoms with Gasteiger partial charge in [0.15, 0.2) is 6.04 Å². The Kier molecular flexibility index (Phi) is 18.0. The number of amides is 5. The molecule has 0 saturated carbocycles. The maximum absolute atomic E-state index is 14.9. The molecule has 1 aliphatic rings. The zero-order valence-corrected chi connectivity index (χ0v) is 31.6. The molecule has 1 aliphatic heterocycles. The molecule has 1 saturated heterocycles. The molecule has 10 N–H and O–H groups in total.